The molecular weight excluding hydrogens is 192 g/mol. The molecule has 0 aliphatic rings. The molecule has 0 saturated carbocycles. The molecule has 0 bridgehead atoms. The predicted molar refractivity (Wildman–Crippen MR) is 62.6 cm³/mol. The van der Waals surface area contributed by atoms with Crippen LogP contribution in [0.4, 0.5) is 5.69 Å². The van der Waals surface area contributed by atoms with Crippen LogP contribution in [-0.2, 0) is 0 Å². The van der Waals surface area contributed by atoms with Gasteiger partial charge in [0, 0.05) is 17.5 Å². The molecule has 1 atom stereocenters. The normalized spacial score (nSPS) is 11.8. The van der Waals surface area contributed by atoms with Crippen LogP contribution in [0, 0.1) is 11.3 Å². The Hall–Kier alpha value is -1.14. The second-order valence-corrected chi connectivity index (χ2v) is 4.10. The summed E-state index contributed by atoms with van der Waals surface area (Å²) in [7, 11) is 0. The van der Waals surface area contributed by atoms with E-state index in [0.717, 1.165) is 11.4 Å². The van der Waals surface area contributed by atoms with Crippen LogP contribution < -0.4 is 5.32 Å². The van der Waals surface area contributed by atoms with Gasteiger partial charge in [-0.05, 0) is 31.4 Å². The first-order chi connectivity index (χ1) is 6.76. The fourth-order valence-corrected chi connectivity index (χ4v) is 1.84. The van der Waals surface area contributed by atoms with Crippen LogP contribution in [0.2, 0.25) is 0 Å². The first-order valence-corrected chi connectivity index (χ1v) is 5.91. The summed E-state index contributed by atoms with van der Waals surface area (Å²) in [5.41, 5.74) is 1.72. The van der Waals surface area contributed by atoms with Crippen molar-refractivity contribution in [3.63, 3.8) is 0 Å². The first-order valence-electron chi connectivity index (χ1n) is 4.52. The van der Waals surface area contributed by atoms with Crippen LogP contribution in [0.5, 0.6) is 0 Å². The Bertz CT molecular complexity index is 330. The maximum Gasteiger partial charge on any atom is 0.0992 e. The maximum atomic E-state index is 8.72. The SMILES string of the molecule is CSCC(C)Nc1cccc(C#N)c1. The van der Waals surface area contributed by atoms with Gasteiger partial charge in [-0.2, -0.15) is 17.0 Å². The van der Waals surface area contributed by atoms with Crippen molar-refractivity contribution < 1.29 is 0 Å². The highest BCUT2D eigenvalue weighted by atomic mass is 32.2. The van der Waals surface area contributed by atoms with Gasteiger partial charge in [-0.15, -0.1) is 0 Å². The van der Waals surface area contributed by atoms with E-state index >= 15 is 0 Å². The fraction of sp³-hybridized carbons (Fsp3) is 0.364. The zero-order valence-electron chi connectivity index (χ0n) is 8.45. The van der Waals surface area contributed by atoms with Gasteiger partial charge in [0.05, 0.1) is 11.6 Å². The zero-order chi connectivity index (χ0) is 10.4. The fourth-order valence-electron chi connectivity index (χ4n) is 1.25. The molecule has 0 fully saturated rings. The lowest BCUT2D eigenvalue weighted by Crippen LogP contribution is -2.17. The number of anilines is 1. The first kappa shape index (κ1) is 10.9. The van der Waals surface area contributed by atoms with E-state index in [2.05, 4.69) is 24.6 Å². The van der Waals surface area contributed by atoms with E-state index in [0.29, 0.717) is 11.6 Å². The number of thioether (sulfide) groups is 1. The average molecular weight is 206 g/mol. The van der Waals surface area contributed by atoms with E-state index in [1.54, 1.807) is 0 Å². The van der Waals surface area contributed by atoms with Gasteiger partial charge < -0.3 is 5.32 Å². The number of nitrogens with one attached hydrogen (secondary N) is 1. The van der Waals surface area contributed by atoms with Gasteiger partial charge >= 0.3 is 0 Å². The summed E-state index contributed by atoms with van der Waals surface area (Å²) >= 11 is 1.81. The highest BCUT2D eigenvalue weighted by molar-refractivity contribution is 7.98. The van der Waals surface area contributed by atoms with Gasteiger partial charge in [-0.1, -0.05) is 6.07 Å². The highest BCUT2D eigenvalue weighted by Crippen LogP contribution is 2.12. The standard InChI is InChI=1S/C11H14N2S/c1-9(8-14-2)13-11-5-3-4-10(6-11)7-12/h3-6,9,13H,8H2,1-2H3. The number of hydrogen-bond donors (Lipinski definition) is 1. The smallest absolute Gasteiger partial charge is 0.0992 e. The van der Waals surface area contributed by atoms with E-state index in [9.17, 15) is 0 Å². The van der Waals surface area contributed by atoms with E-state index in [-0.39, 0.29) is 0 Å². The zero-order valence-corrected chi connectivity index (χ0v) is 9.27. The molecule has 1 unspecified atom stereocenters. The number of nitrogens with zero attached hydrogens (tertiary/aromatic N) is 1. The van der Waals surface area contributed by atoms with E-state index in [4.69, 9.17) is 5.26 Å². The Balaban J connectivity index is 2.63. The molecule has 2 nitrogen and oxygen atoms in total. The highest BCUT2D eigenvalue weighted by Gasteiger charge is 2.00. The minimum Gasteiger partial charge on any atom is -0.382 e. The summed E-state index contributed by atoms with van der Waals surface area (Å²) in [6.07, 6.45) is 2.09. The lowest BCUT2D eigenvalue weighted by molar-refractivity contribution is 0.914. The third-order valence-electron chi connectivity index (χ3n) is 1.82. The molecule has 1 aromatic carbocycles. The summed E-state index contributed by atoms with van der Waals surface area (Å²) in [5, 5.41) is 12.1. The third kappa shape index (κ3) is 3.31. The van der Waals surface area contributed by atoms with Crippen molar-refractivity contribution in [3.8, 4) is 6.07 Å². The summed E-state index contributed by atoms with van der Waals surface area (Å²) in [4.78, 5) is 0. The van der Waals surface area contributed by atoms with Gasteiger partial charge in [0.15, 0.2) is 0 Å². The average Bonchev–Trinajstić information content (AvgIpc) is 2.18. The minimum atomic E-state index is 0.430. The second-order valence-electron chi connectivity index (χ2n) is 3.19. The third-order valence-corrected chi connectivity index (χ3v) is 2.65. The van der Waals surface area contributed by atoms with Crippen molar-refractivity contribution in [2.24, 2.45) is 0 Å². The second kappa shape index (κ2) is 5.56. The van der Waals surface area contributed by atoms with Crippen molar-refractivity contribution in [1.82, 2.24) is 0 Å². The molecule has 0 amide bonds. The molecule has 0 aliphatic heterocycles. The molecule has 74 valence electrons. The van der Waals surface area contributed by atoms with E-state index < -0.39 is 0 Å². The maximum absolute atomic E-state index is 8.72. The number of nitriles is 1. The summed E-state index contributed by atoms with van der Waals surface area (Å²) in [6.45, 7) is 2.13. The summed E-state index contributed by atoms with van der Waals surface area (Å²) < 4.78 is 0. The Morgan fingerprint density at radius 2 is 2.36 bits per heavy atom. The van der Waals surface area contributed by atoms with Crippen LogP contribution in [0.25, 0.3) is 0 Å². The minimum absolute atomic E-state index is 0.430. The number of hydrogen-bond acceptors (Lipinski definition) is 3. The van der Waals surface area contributed by atoms with Gasteiger partial charge in [-0.25, -0.2) is 0 Å². The molecule has 0 spiro atoms. The van der Waals surface area contributed by atoms with Crippen molar-refractivity contribution in [1.29, 1.82) is 5.26 Å². The largest absolute Gasteiger partial charge is 0.382 e. The quantitative estimate of drug-likeness (QED) is 0.822. The van der Waals surface area contributed by atoms with E-state index in [1.165, 1.54) is 0 Å². The van der Waals surface area contributed by atoms with Gasteiger partial charge in [-0.3, -0.25) is 0 Å². The molecule has 1 aromatic rings. The molecule has 3 heteroatoms. The van der Waals surface area contributed by atoms with Crippen LogP contribution in [0.15, 0.2) is 24.3 Å². The number of benzene rings is 1. The Labute approximate surface area is 89.3 Å². The lowest BCUT2D eigenvalue weighted by atomic mass is 10.2. The molecule has 1 rings (SSSR count). The molecule has 0 heterocycles. The predicted octanol–water partition coefficient (Wildman–Crippen LogP) is 2.72. The number of rotatable bonds is 4. The Morgan fingerprint density at radius 1 is 1.57 bits per heavy atom. The molecular formula is C11H14N2S. The van der Waals surface area contributed by atoms with Crippen molar-refractivity contribution in [2.45, 2.75) is 13.0 Å². The molecule has 0 saturated heterocycles. The van der Waals surface area contributed by atoms with Crippen LogP contribution >= 0.6 is 11.8 Å². The van der Waals surface area contributed by atoms with Crippen molar-refractivity contribution >= 4 is 17.4 Å². The van der Waals surface area contributed by atoms with E-state index in [1.807, 2.05) is 36.0 Å². The van der Waals surface area contributed by atoms with Gasteiger partial charge in [0.25, 0.3) is 0 Å². The van der Waals surface area contributed by atoms with Crippen molar-refractivity contribution in [3.05, 3.63) is 29.8 Å². The summed E-state index contributed by atoms with van der Waals surface area (Å²) in [6, 6.07) is 10.1. The lowest BCUT2D eigenvalue weighted by Gasteiger charge is -2.13. The van der Waals surface area contributed by atoms with Crippen LogP contribution in [0.3, 0.4) is 0 Å². The van der Waals surface area contributed by atoms with Gasteiger partial charge in [0.2, 0.25) is 0 Å². The molecule has 0 radical (unpaired) electrons. The monoisotopic (exact) mass is 206 g/mol. The van der Waals surface area contributed by atoms with Crippen LogP contribution in [0.1, 0.15) is 12.5 Å². The molecule has 1 N–H and O–H groups in total. The van der Waals surface area contributed by atoms with Gasteiger partial charge in [0.1, 0.15) is 0 Å². The van der Waals surface area contributed by atoms with Crippen LogP contribution in [-0.4, -0.2) is 18.1 Å². The summed E-state index contributed by atoms with van der Waals surface area (Å²) in [5.74, 6) is 1.07. The molecule has 0 aliphatic carbocycles. The topological polar surface area (TPSA) is 35.8 Å². The molecule has 0 aromatic heterocycles. The Kier molecular flexibility index (Phi) is 4.34. The molecule has 14 heavy (non-hydrogen) atoms. The van der Waals surface area contributed by atoms with Crippen molar-refractivity contribution in [2.75, 3.05) is 17.3 Å². The Morgan fingerprint density at radius 3 is 3.00 bits per heavy atom.